The number of piperidine rings is 1. The zero-order chi connectivity index (χ0) is 17.8. The number of aromatic carboxylic acids is 1. The summed E-state index contributed by atoms with van der Waals surface area (Å²) in [6, 6.07) is 9.70. The van der Waals surface area contributed by atoms with Gasteiger partial charge in [0.25, 0.3) is 11.8 Å². The standard InChI is InChI=1S/C18H18N2O4S/c21-16(14-7-8-15(25-14)18(23)24)19-13-6-4-5-12(11-13)17(22)20-9-2-1-3-10-20/h4-8,11H,1-3,9-10H2,(H,19,21)(H,23,24). The van der Waals surface area contributed by atoms with Crippen molar-refractivity contribution in [3.05, 3.63) is 51.7 Å². The maximum atomic E-state index is 12.5. The van der Waals surface area contributed by atoms with E-state index in [0.29, 0.717) is 16.1 Å². The fourth-order valence-corrected chi connectivity index (χ4v) is 3.52. The molecule has 25 heavy (non-hydrogen) atoms. The Balaban J connectivity index is 1.71. The number of carbonyl (C=O) groups excluding carboxylic acids is 2. The fourth-order valence-electron chi connectivity index (χ4n) is 2.78. The molecule has 1 aliphatic rings. The van der Waals surface area contributed by atoms with Gasteiger partial charge in [-0.3, -0.25) is 9.59 Å². The largest absolute Gasteiger partial charge is 0.477 e. The van der Waals surface area contributed by atoms with Crippen LogP contribution in [0, 0.1) is 0 Å². The van der Waals surface area contributed by atoms with E-state index in [1.165, 1.54) is 12.1 Å². The minimum Gasteiger partial charge on any atom is -0.477 e. The second-order valence-electron chi connectivity index (χ2n) is 5.86. The molecule has 1 aromatic heterocycles. The molecule has 3 rings (SSSR count). The third kappa shape index (κ3) is 4.06. The van der Waals surface area contributed by atoms with E-state index in [0.717, 1.165) is 43.7 Å². The predicted molar refractivity (Wildman–Crippen MR) is 95.4 cm³/mol. The van der Waals surface area contributed by atoms with Crippen molar-refractivity contribution < 1.29 is 19.5 Å². The lowest BCUT2D eigenvalue weighted by molar-refractivity contribution is 0.0699. The van der Waals surface area contributed by atoms with Gasteiger partial charge in [0.15, 0.2) is 0 Å². The molecule has 1 saturated heterocycles. The number of carbonyl (C=O) groups is 3. The van der Waals surface area contributed by atoms with Crippen LogP contribution in [0.5, 0.6) is 0 Å². The van der Waals surface area contributed by atoms with E-state index in [4.69, 9.17) is 5.11 Å². The molecule has 0 saturated carbocycles. The number of rotatable bonds is 4. The normalized spacial score (nSPS) is 14.2. The van der Waals surface area contributed by atoms with Crippen LogP contribution in [0.3, 0.4) is 0 Å². The number of amides is 2. The maximum absolute atomic E-state index is 12.5. The molecule has 2 heterocycles. The number of thiophene rings is 1. The van der Waals surface area contributed by atoms with Crippen molar-refractivity contribution in [1.29, 1.82) is 0 Å². The lowest BCUT2D eigenvalue weighted by Gasteiger charge is -2.26. The van der Waals surface area contributed by atoms with Gasteiger partial charge >= 0.3 is 5.97 Å². The Morgan fingerprint density at radius 3 is 2.40 bits per heavy atom. The van der Waals surface area contributed by atoms with Gasteiger partial charge in [-0.05, 0) is 49.6 Å². The minimum absolute atomic E-state index is 0.0277. The van der Waals surface area contributed by atoms with Gasteiger partial charge in [0.1, 0.15) is 4.88 Å². The van der Waals surface area contributed by atoms with E-state index in [2.05, 4.69) is 5.32 Å². The molecule has 0 bridgehead atoms. The van der Waals surface area contributed by atoms with Crippen LogP contribution >= 0.6 is 11.3 Å². The molecule has 2 amide bonds. The summed E-state index contributed by atoms with van der Waals surface area (Å²) in [5.74, 6) is -1.47. The topological polar surface area (TPSA) is 86.7 Å². The molecule has 6 nitrogen and oxygen atoms in total. The van der Waals surface area contributed by atoms with Crippen LogP contribution < -0.4 is 5.32 Å². The van der Waals surface area contributed by atoms with Gasteiger partial charge in [-0.15, -0.1) is 11.3 Å². The highest BCUT2D eigenvalue weighted by Gasteiger charge is 2.19. The highest BCUT2D eigenvalue weighted by molar-refractivity contribution is 7.15. The molecule has 1 fully saturated rings. The average Bonchev–Trinajstić information content (AvgIpc) is 3.13. The Morgan fingerprint density at radius 1 is 1.00 bits per heavy atom. The zero-order valence-corrected chi connectivity index (χ0v) is 14.3. The van der Waals surface area contributed by atoms with E-state index in [1.54, 1.807) is 24.3 Å². The molecule has 0 radical (unpaired) electrons. The van der Waals surface area contributed by atoms with Crippen LogP contribution in [0.4, 0.5) is 5.69 Å². The molecule has 1 aliphatic heterocycles. The van der Waals surface area contributed by atoms with Gasteiger partial charge in [-0.25, -0.2) is 4.79 Å². The quantitative estimate of drug-likeness (QED) is 0.878. The first-order valence-corrected chi connectivity index (χ1v) is 8.90. The van der Waals surface area contributed by atoms with Gasteiger partial charge in [-0.2, -0.15) is 0 Å². The number of nitrogens with zero attached hydrogens (tertiary/aromatic N) is 1. The molecule has 0 spiro atoms. The van der Waals surface area contributed by atoms with Crippen molar-refractivity contribution in [2.24, 2.45) is 0 Å². The summed E-state index contributed by atoms with van der Waals surface area (Å²) < 4.78 is 0. The highest BCUT2D eigenvalue weighted by atomic mass is 32.1. The lowest BCUT2D eigenvalue weighted by atomic mass is 10.1. The number of benzene rings is 1. The van der Waals surface area contributed by atoms with Crippen LogP contribution in [0.15, 0.2) is 36.4 Å². The highest BCUT2D eigenvalue weighted by Crippen LogP contribution is 2.20. The summed E-state index contributed by atoms with van der Waals surface area (Å²) in [5.41, 5.74) is 1.05. The fraction of sp³-hybridized carbons (Fsp3) is 0.278. The maximum Gasteiger partial charge on any atom is 0.345 e. The summed E-state index contributed by atoms with van der Waals surface area (Å²) in [4.78, 5) is 37.9. The monoisotopic (exact) mass is 358 g/mol. The van der Waals surface area contributed by atoms with Crippen LogP contribution in [0.2, 0.25) is 0 Å². The Bertz CT molecular complexity index is 809. The smallest absolute Gasteiger partial charge is 0.345 e. The Hall–Kier alpha value is -2.67. The first-order valence-electron chi connectivity index (χ1n) is 8.08. The molecule has 130 valence electrons. The minimum atomic E-state index is -1.06. The molecule has 2 aromatic rings. The molecule has 2 N–H and O–H groups in total. The van der Waals surface area contributed by atoms with E-state index in [-0.39, 0.29) is 16.7 Å². The van der Waals surface area contributed by atoms with Gasteiger partial charge < -0.3 is 15.3 Å². The van der Waals surface area contributed by atoms with Crippen molar-refractivity contribution in [2.75, 3.05) is 18.4 Å². The van der Waals surface area contributed by atoms with Gasteiger partial charge in [0.05, 0.1) is 4.88 Å². The first kappa shape index (κ1) is 17.2. The SMILES string of the molecule is O=C(O)c1ccc(C(=O)Nc2cccc(C(=O)N3CCCCC3)c2)s1. The number of carboxylic acids is 1. The predicted octanol–water partition coefficient (Wildman–Crippen LogP) is 3.32. The Kier molecular flexibility index (Phi) is 5.14. The van der Waals surface area contributed by atoms with Crippen molar-refractivity contribution in [3.8, 4) is 0 Å². The van der Waals surface area contributed by atoms with Crippen molar-refractivity contribution in [3.63, 3.8) is 0 Å². The van der Waals surface area contributed by atoms with E-state index < -0.39 is 5.97 Å². The molecule has 0 atom stereocenters. The van der Waals surface area contributed by atoms with E-state index >= 15 is 0 Å². The number of hydrogen-bond acceptors (Lipinski definition) is 4. The Labute approximate surface area is 149 Å². The molecular formula is C18H18N2O4S. The molecule has 7 heteroatoms. The molecular weight excluding hydrogens is 340 g/mol. The third-order valence-electron chi connectivity index (χ3n) is 4.05. The number of carboxylic acid groups (broad SMARTS) is 1. The number of nitrogens with one attached hydrogen (secondary N) is 1. The van der Waals surface area contributed by atoms with Gasteiger partial charge in [0.2, 0.25) is 0 Å². The van der Waals surface area contributed by atoms with Crippen molar-refractivity contribution >= 4 is 34.8 Å². The van der Waals surface area contributed by atoms with Crippen LogP contribution in [0.25, 0.3) is 0 Å². The average molecular weight is 358 g/mol. The number of likely N-dealkylation sites (tertiary alicyclic amines) is 1. The van der Waals surface area contributed by atoms with Crippen LogP contribution in [-0.4, -0.2) is 40.9 Å². The first-order chi connectivity index (χ1) is 12.0. The Morgan fingerprint density at radius 2 is 1.72 bits per heavy atom. The molecule has 0 unspecified atom stereocenters. The molecule has 0 aliphatic carbocycles. The zero-order valence-electron chi connectivity index (χ0n) is 13.5. The molecule has 1 aromatic carbocycles. The second kappa shape index (κ2) is 7.48. The lowest BCUT2D eigenvalue weighted by Crippen LogP contribution is -2.35. The van der Waals surface area contributed by atoms with Crippen LogP contribution in [0.1, 0.15) is 49.0 Å². The summed E-state index contributed by atoms with van der Waals surface area (Å²) in [6.07, 6.45) is 3.19. The van der Waals surface area contributed by atoms with E-state index in [1.807, 2.05) is 4.90 Å². The summed E-state index contributed by atoms with van der Waals surface area (Å²) >= 11 is 0.915. The van der Waals surface area contributed by atoms with Crippen LogP contribution in [-0.2, 0) is 0 Å². The third-order valence-corrected chi connectivity index (χ3v) is 5.12. The van der Waals surface area contributed by atoms with Crippen molar-refractivity contribution in [1.82, 2.24) is 4.90 Å². The van der Waals surface area contributed by atoms with Gasteiger partial charge in [-0.1, -0.05) is 6.07 Å². The summed E-state index contributed by atoms with van der Waals surface area (Å²) in [6.45, 7) is 1.53. The van der Waals surface area contributed by atoms with Gasteiger partial charge in [0, 0.05) is 24.3 Å². The van der Waals surface area contributed by atoms with E-state index in [9.17, 15) is 14.4 Å². The number of anilines is 1. The van der Waals surface area contributed by atoms with Crippen molar-refractivity contribution in [2.45, 2.75) is 19.3 Å². The second-order valence-corrected chi connectivity index (χ2v) is 6.94. The number of hydrogen-bond donors (Lipinski definition) is 2. The summed E-state index contributed by atoms with van der Waals surface area (Å²) in [7, 11) is 0. The summed E-state index contributed by atoms with van der Waals surface area (Å²) in [5, 5.41) is 11.6.